The maximum absolute atomic E-state index is 13.0. The van der Waals surface area contributed by atoms with E-state index in [-0.39, 0.29) is 11.4 Å². The second-order valence-corrected chi connectivity index (χ2v) is 10.7. The van der Waals surface area contributed by atoms with Gasteiger partial charge in [0.05, 0.1) is 25.2 Å². The second kappa shape index (κ2) is 26.5. The molecular formula is C31H62O4. The Labute approximate surface area is 219 Å². The highest BCUT2D eigenvalue weighted by atomic mass is 16.6. The number of carbonyl (C=O) groups excluding carboxylic acids is 1. The summed E-state index contributed by atoms with van der Waals surface area (Å²) in [4.78, 5) is 13.0. The van der Waals surface area contributed by atoms with Crippen LogP contribution >= 0.6 is 0 Å². The zero-order chi connectivity index (χ0) is 25.9. The highest BCUT2D eigenvalue weighted by Crippen LogP contribution is 2.33. The third-order valence-electron chi connectivity index (χ3n) is 7.13. The Kier molecular flexibility index (Phi) is 26.0. The molecule has 0 heterocycles. The fraction of sp³-hybridized carbons (Fsp3) is 0.968. The summed E-state index contributed by atoms with van der Waals surface area (Å²) in [5, 5.41) is 0. The van der Waals surface area contributed by atoms with Crippen molar-refractivity contribution in [2.24, 2.45) is 5.41 Å². The second-order valence-electron chi connectivity index (χ2n) is 10.7. The highest BCUT2D eigenvalue weighted by Gasteiger charge is 2.33. The van der Waals surface area contributed by atoms with Crippen LogP contribution in [0.5, 0.6) is 0 Å². The predicted octanol–water partition coefficient (Wildman–Crippen LogP) is 9.43. The number of rotatable bonds is 28. The van der Waals surface area contributed by atoms with Gasteiger partial charge in [0.25, 0.3) is 0 Å². The molecule has 0 aliphatic heterocycles. The number of carbonyl (C=O) groups is 1. The van der Waals surface area contributed by atoms with Gasteiger partial charge in [-0.1, -0.05) is 130 Å². The predicted molar refractivity (Wildman–Crippen MR) is 150 cm³/mol. The molecule has 0 aliphatic rings. The summed E-state index contributed by atoms with van der Waals surface area (Å²) in [6.07, 6.45) is 24.7. The van der Waals surface area contributed by atoms with Crippen molar-refractivity contribution < 1.29 is 19.0 Å². The Morgan fingerprint density at radius 3 is 1.34 bits per heavy atom. The van der Waals surface area contributed by atoms with E-state index >= 15 is 0 Å². The van der Waals surface area contributed by atoms with Crippen LogP contribution in [0.1, 0.15) is 156 Å². The fourth-order valence-corrected chi connectivity index (χ4v) is 4.59. The zero-order valence-electron chi connectivity index (χ0n) is 24.3. The van der Waals surface area contributed by atoms with Gasteiger partial charge in [-0.15, -0.1) is 0 Å². The van der Waals surface area contributed by atoms with Crippen molar-refractivity contribution in [3.05, 3.63) is 0 Å². The molecular weight excluding hydrogens is 436 g/mol. The first-order valence-corrected chi connectivity index (χ1v) is 15.4. The minimum Gasteiger partial charge on any atom is -0.463 e. The summed E-state index contributed by atoms with van der Waals surface area (Å²) in [5.41, 5.74) is -0.353. The van der Waals surface area contributed by atoms with Gasteiger partial charge in [0.15, 0.2) is 0 Å². The lowest BCUT2D eigenvalue weighted by atomic mass is 9.79. The van der Waals surface area contributed by atoms with Crippen molar-refractivity contribution >= 4 is 5.97 Å². The topological polar surface area (TPSA) is 44.8 Å². The molecule has 0 fully saturated rings. The molecule has 0 saturated heterocycles. The number of unbranched alkanes of at least 4 members (excludes halogenated alkanes) is 15. The van der Waals surface area contributed by atoms with E-state index in [1.165, 1.54) is 96.3 Å². The van der Waals surface area contributed by atoms with Gasteiger partial charge in [0.2, 0.25) is 0 Å². The Morgan fingerprint density at radius 1 is 0.486 bits per heavy atom. The van der Waals surface area contributed by atoms with Crippen LogP contribution in [-0.4, -0.2) is 39.0 Å². The van der Waals surface area contributed by atoms with Gasteiger partial charge in [-0.3, -0.25) is 4.79 Å². The van der Waals surface area contributed by atoms with Gasteiger partial charge >= 0.3 is 5.97 Å². The lowest BCUT2D eigenvalue weighted by molar-refractivity contribution is -0.157. The molecule has 1 unspecified atom stereocenters. The van der Waals surface area contributed by atoms with E-state index in [1.54, 1.807) is 0 Å². The van der Waals surface area contributed by atoms with Crippen LogP contribution < -0.4 is 0 Å². The molecule has 0 bridgehead atoms. The number of hydrogen-bond donors (Lipinski definition) is 0. The molecule has 35 heavy (non-hydrogen) atoms. The van der Waals surface area contributed by atoms with Gasteiger partial charge < -0.3 is 14.2 Å². The summed E-state index contributed by atoms with van der Waals surface area (Å²) < 4.78 is 16.9. The molecule has 0 aromatic heterocycles. The SMILES string of the molecule is CCCCCCCCCCC(C)(CCCCCCCC)C(=O)OCCOCCOCCCCCC. The van der Waals surface area contributed by atoms with Gasteiger partial charge in [-0.05, 0) is 26.2 Å². The molecule has 4 nitrogen and oxygen atoms in total. The number of ether oxygens (including phenoxy) is 3. The fourth-order valence-electron chi connectivity index (χ4n) is 4.59. The highest BCUT2D eigenvalue weighted by molar-refractivity contribution is 5.76. The zero-order valence-corrected chi connectivity index (χ0v) is 24.3. The van der Waals surface area contributed by atoms with Crippen LogP contribution in [0.3, 0.4) is 0 Å². The van der Waals surface area contributed by atoms with Crippen LogP contribution in [0.2, 0.25) is 0 Å². The van der Waals surface area contributed by atoms with Crippen molar-refractivity contribution in [2.45, 2.75) is 156 Å². The summed E-state index contributed by atoms with van der Waals surface area (Å²) in [5.74, 6) is -0.0234. The largest absolute Gasteiger partial charge is 0.463 e. The van der Waals surface area contributed by atoms with Crippen molar-refractivity contribution in [1.29, 1.82) is 0 Å². The van der Waals surface area contributed by atoms with Crippen LogP contribution in [0.4, 0.5) is 0 Å². The average Bonchev–Trinajstić information content (AvgIpc) is 2.86. The van der Waals surface area contributed by atoms with Crippen molar-refractivity contribution in [3.8, 4) is 0 Å². The molecule has 210 valence electrons. The average molecular weight is 499 g/mol. The monoisotopic (exact) mass is 498 g/mol. The standard InChI is InChI=1S/C31H62O4/c1-5-8-11-14-16-17-19-21-24-31(4,23-20-18-15-12-9-6-2)30(32)35-29-28-34-27-26-33-25-22-13-10-7-3/h5-29H2,1-4H3. The van der Waals surface area contributed by atoms with Crippen LogP contribution in [0, 0.1) is 5.41 Å². The molecule has 0 rings (SSSR count). The van der Waals surface area contributed by atoms with E-state index in [0.29, 0.717) is 26.4 Å². The maximum atomic E-state index is 13.0. The summed E-state index contributed by atoms with van der Waals surface area (Å²) in [6, 6.07) is 0. The molecule has 0 N–H and O–H groups in total. The van der Waals surface area contributed by atoms with Crippen LogP contribution in [0.15, 0.2) is 0 Å². The Bertz CT molecular complexity index is 440. The van der Waals surface area contributed by atoms with Gasteiger partial charge in [0.1, 0.15) is 6.61 Å². The Morgan fingerprint density at radius 2 is 0.857 bits per heavy atom. The van der Waals surface area contributed by atoms with Crippen molar-refractivity contribution in [3.63, 3.8) is 0 Å². The van der Waals surface area contributed by atoms with E-state index in [1.807, 2.05) is 0 Å². The Hall–Kier alpha value is -0.610. The molecule has 0 amide bonds. The first-order chi connectivity index (χ1) is 17.1. The minimum atomic E-state index is -0.353. The quantitative estimate of drug-likeness (QED) is 0.0796. The molecule has 0 spiro atoms. The summed E-state index contributed by atoms with van der Waals surface area (Å²) >= 11 is 0. The van der Waals surface area contributed by atoms with E-state index in [0.717, 1.165) is 38.7 Å². The first kappa shape index (κ1) is 34.4. The van der Waals surface area contributed by atoms with E-state index in [2.05, 4.69) is 27.7 Å². The maximum Gasteiger partial charge on any atom is 0.311 e. The third-order valence-corrected chi connectivity index (χ3v) is 7.13. The van der Waals surface area contributed by atoms with Crippen molar-refractivity contribution in [2.75, 3.05) is 33.0 Å². The van der Waals surface area contributed by atoms with E-state index < -0.39 is 0 Å². The summed E-state index contributed by atoms with van der Waals surface area (Å²) in [7, 11) is 0. The minimum absolute atomic E-state index is 0.0234. The van der Waals surface area contributed by atoms with Gasteiger partial charge in [-0.25, -0.2) is 0 Å². The first-order valence-electron chi connectivity index (χ1n) is 15.4. The van der Waals surface area contributed by atoms with Crippen molar-refractivity contribution in [1.82, 2.24) is 0 Å². The van der Waals surface area contributed by atoms with Crippen LogP contribution in [0.25, 0.3) is 0 Å². The molecule has 0 saturated carbocycles. The molecule has 1 atom stereocenters. The smallest absolute Gasteiger partial charge is 0.311 e. The molecule has 4 heteroatoms. The number of esters is 1. The van der Waals surface area contributed by atoms with E-state index in [4.69, 9.17) is 14.2 Å². The molecule has 0 radical (unpaired) electrons. The lowest BCUT2D eigenvalue weighted by Gasteiger charge is -2.27. The molecule has 0 aliphatic carbocycles. The molecule has 0 aromatic carbocycles. The van der Waals surface area contributed by atoms with Gasteiger partial charge in [-0.2, -0.15) is 0 Å². The van der Waals surface area contributed by atoms with Crippen LogP contribution in [-0.2, 0) is 19.0 Å². The van der Waals surface area contributed by atoms with Gasteiger partial charge in [0, 0.05) is 6.61 Å². The third kappa shape index (κ3) is 22.3. The summed E-state index contributed by atoms with van der Waals surface area (Å²) in [6.45, 7) is 11.7. The Balaban J connectivity index is 4.16. The number of hydrogen-bond acceptors (Lipinski definition) is 4. The lowest BCUT2D eigenvalue weighted by Crippen LogP contribution is -2.31. The normalized spacial score (nSPS) is 13.1. The van der Waals surface area contributed by atoms with E-state index in [9.17, 15) is 4.79 Å². The molecule has 0 aromatic rings.